The molecule has 0 unspecified atom stereocenters. The van der Waals surface area contributed by atoms with Crippen LogP contribution in [-0.2, 0) is 13.0 Å². The van der Waals surface area contributed by atoms with Crippen molar-refractivity contribution < 1.29 is 0 Å². The molecule has 4 nitrogen and oxygen atoms in total. The summed E-state index contributed by atoms with van der Waals surface area (Å²) in [5.74, 6) is 1.56. The fourth-order valence-corrected chi connectivity index (χ4v) is 2.74. The third-order valence-corrected chi connectivity index (χ3v) is 3.88. The lowest BCUT2D eigenvalue weighted by Crippen LogP contribution is -2.23. The lowest BCUT2D eigenvalue weighted by Gasteiger charge is -2.17. The molecular formula is C17H16N4. The van der Waals surface area contributed by atoms with E-state index >= 15 is 0 Å². The van der Waals surface area contributed by atoms with Gasteiger partial charge in [0.15, 0.2) is 11.6 Å². The average molecular weight is 276 g/mol. The Kier molecular flexibility index (Phi) is 3.01. The van der Waals surface area contributed by atoms with Gasteiger partial charge in [-0.05, 0) is 30.2 Å². The second-order valence-electron chi connectivity index (χ2n) is 5.28. The molecule has 0 atom stereocenters. The Bertz CT molecular complexity index is 761. The van der Waals surface area contributed by atoms with E-state index in [1.54, 1.807) is 0 Å². The quantitative estimate of drug-likeness (QED) is 0.756. The second-order valence-corrected chi connectivity index (χ2v) is 5.28. The summed E-state index contributed by atoms with van der Waals surface area (Å²) in [6.07, 6.45) is 1.10. The maximum atomic E-state index is 4.61. The van der Waals surface area contributed by atoms with Crippen molar-refractivity contribution in [2.75, 3.05) is 6.54 Å². The van der Waals surface area contributed by atoms with Gasteiger partial charge in [-0.2, -0.15) is 5.10 Å². The van der Waals surface area contributed by atoms with Crippen LogP contribution in [0.25, 0.3) is 22.8 Å². The van der Waals surface area contributed by atoms with E-state index in [-0.39, 0.29) is 0 Å². The van der Waals surface area contributed by atoms with Gasteiger partial charge in [-0.1, -0.05) is 42.5 Å². The molecule has 2 heterocycles. The highest BCUT2D eigenvalue weighted by Crippen LogP contribution is 2.23. The Labute approximate surface area is 123 Å². The van der Waals surface area contributed by atoms with Gasteiger partial charge in [0.2, 0.25) is 0 Å². The summed E-state index contributed by atoms with van der Waals surface area (Å²) < 4.78 is 0. The minimum absolute atomic E-state index is 0.752. The number of fused-ring (bicyclic) bond motifs is 1. The Morgan fingerprint density at radius 3 is 2.71 bits per heavy atom. The zero-order valence-corrected chi connectivity index (χ0v) is 11.6. The molecule has 0 bridgehead atoms. The van der Waals surface area contributed by atoms with Crippen LogP contribution in [0.1, 0.15) is 11.1 Å². The van der Waals surface area contributed by atoms with E-state index in [9.17, 15) is 0 Å². The summed E-state index contributed by atoms with van der Waals surface area (Å²) in [7, 11) is 0. The Morgan fingerprint density at radius 1 is 0.905 bits per heavy atom. The van der Waals surface area contributed by atoms with E-state index in [4.69, 9.17) is 0 Å². The second kappa shape index (κ2) is 5.14. The van der Waals surface area contributed by atoms with Gasteiger partial charge >= 0.3 is 0 Å². The van der Waals surface area contributed by atoms with Gasteiger partial charge in [-0.15, -0.1) is 0 Å². The van der Waals surface area contributed by atoms with Gasteiger partial charge in [-0.3, -0.25) is 5.10 Å². The lowest BCUT2D eigenvalue weighted by molar-refractivity contribution is 0.644. The zero-order chi connectivity index (χ0) is 14.1. The monoisotopic (exact) mass is 276 g/mol. The number of nitrogens with one attached hydrogen (secondary N) is 2. The SMILES string of the molecule is c1ccc(-c2nc(-c3ccc4c(c3)CNCC4)n[nH]2)cc1. The average Bonchev–Trinajstić information content (AvgIpc) is 3.05. The number of H-pyrrole nitrogens is 1. The summed E-state index contributed by atoms with van der Waals surface area (Å²) in [4.78, 5) is 4.61. The molecule has 4 rings (SSSR count). The maximum absolute atomic E-state index is 4.61. The molecule has 0 saturated heterocycles. The summed E-state index contributed by atoms with van der Waals surface area (Å²) in [5, 5.41) is 10.8. The van der Waals surface area contributed by atoms with E-state index < -0.39 is 0 Å². The lowest BCUT2D eigenvalue weighted by atomic mass is 9.98. The summed E-state index contributed by atoms with van der Waals surface area (Å²) in [6, 6.07) is 16.6. The van der Waals surface area contributed by atoms with Crippen LogP contribution >= 0.6 is 0 Å². The molecule has 2 aromatic carbocycles. The highest BCUT2D eigenvalue weighted by atomic mass is 15.2. The first-order chi connectivity index (χ1) is 10.4. The number of hydrogen-bond donors (Lipinski definition) is 2. The smallest absolute Gasteiger partial charge is 0.181 e. The topological polar surface area (TPSA) is 53.6 Å². The van der Waals surface area contributed by atoms with E-state index in [0.29, 0.717) is 0 Å². The predicted octanol–water partition coefficient (Wildman–Crippen LogP) is 2.78. The molecule has 0 saturated carbocycles. The van der Waals surface area contributed by atoms with Crippen molar-refractivity contribution in [1.29, 1.82) is 0 Å². The van der Waals surface area contributed by atoms with E-state index in [1.165, 1.54) is 11.1 Å². The largest absolute Gasteiger partial charge is 0.312 e. The van der Waals surface area contributed by atoms with E-state index in [1.807, 2.05) is 30.3 Å². The molecule has 0 fully saturated rings. The van der Waals surface area contributed by atoms with Crippen molar-refractivity contribution in [2.24, 2.45) is 0 Å². The normalized spacial score (nSPS) is 13.9. The zero-order valence-electron chi connectivity index (χ0n) is 11.6. The van der Waals surface area contributed by atoms with Crippen molar-refractivity contribution >= 4 is 0 Å². The van der Waals surface area contributed by atoms with Gasteiger partial charge in [0.05, 0.1) is 0 Å². The Morgan fingerprint density at radius 2 is 1.81 bits per heavy atom. The number of benzene rings is 2. The number of hydrogen-bond acceptors (Lipinski definition) is 3. The highest BCUT2D eigenvalue weighted by molar-refractivity contribution is 5.62. The molecule has 0 radical (unpaired) electrons. The molecule has 0 aliphatic carbocycles. The molecule has 2 N–H and O–H groups in total. The summed E-state index contributed by atoms with van der Waals surface area (Å²) in [6.45, 7) is 1.99. The van der Waals surface area contributed by atoms with Crippen molar-refractivity contribution in [2.45, 2.75) is 13.0 Å². The third-order valence-electron chi connectivity index (χ3n) is 3.88. The number of rotatable bonds is 2. The molecule has 0 amide bonds. The molecule has 1 aliphatic heterocycles. The third kappa shape index (κ3) is 2.34. The van der Waals surface area contributed by atoms with Crippen molar-refractivity contribution in [3.05, 3.63) is 59.7 Å². The van der Waals surface area contributed by atoms with Gasteiger partial charge in [0.25, 0.3) is 0 Å². The van der Waals surface area contributed by atoms with Crippen LogP contribution in [0.5, 0.6) is 0 Å². The number of aromatic nitrogens is 3. The van der Waals surface area contributed by atoms with E-state index in [2.05, 4.69) is 38.7 Å². The molecule has 1 aliphatic rings. The van der Waals surface area contributed by atoms with Crippen molar-refractivity contribution in [3.8, 4) is 22.8 Å². The molecule has 1 aromatic heterocycles. The molecule has 3 aromatic rings. The van der Waals surface area contributed by atoms with Crippen molar-refractivity contribution in [3.63, 3.8) is 0 Å². The predicted molar refractivity (Wildman–Crippen MR) is 82.7 cm³/mol. The first-order valence-electron chi connectivity index (χ1n) is 7.21. The number of aromatic amines is 1. The van der Waals surface area contributed by atoms with Crippen LogP contribution in [-0.4, -0.2) is 21.7 Å². The van der Waals surface area contributed by atoms with Gasteiger partial charge in [0, 0.05) is 17.7 Å². The highest BCUT2D eigenvalue weighted by Gasteiger charge is 2.12. The van der Waals surface area contributed by atoms with Crippen molar-refractivity contribution in [1.82, 2.24) is 20.5 Å². The standard InChI is InChI=1S/C17H16N4/c1-2-4-13(5-3-1)16-19-17(21-20-16)14-7-6-12-8-9-18-11-15(12)10-14/h1-7,10,18H,8-9,11H2,(H,19,20,21). The minimum Gasteiger partial charge on any atom is -0.312 e. The van der Waals surface area contributed by atoms with Gasteiger partial charge in [0.1, 0.15) is 0 Å². The fraction of sp³-hybridized carbons (Fsp3) is 0.176. The van der Waals surface area contributed by atoms with Crippen LogP contribution in [0.3, 0.4) is 0 Å². The van der Waals surface area contributed by atoms with Crippen LogP contribution in [0, 0.1) is 0 Å². The molecule has 104 valence electrons. The van der Waals surface area contributed by atoms with E-state index in [0.717, 1.165) is 42.3 Å². The molecule has 0 spiro atoms. The number of nitrogens with zero attached hydrogens (tertiary/aromatic N) is 2. The first-order valence-corrected chi connectivity index (χ1v) is 7.21. The Hall–Kier alpha value is -2.46. The minimum atomic E-state index is 0.752. The molecule has 4 heteroatoms. The van der Waals surface area contributed by atoms with Gasteiger partial charge in [-0.25, -0.2) is 4.98 Å². The first kappa shape index (κ1) is 12.3. The fourth-order valence-electron chi connectivity index (χ4n) is 2.74. The summed E-state index contributed by atoms with van der Waals surface area (Å²) in [5.41, 5.74) is 4.90. The van der Waals surface area contributed by atoms with Crippen LogP contribution in [0.15, 0.2) is 48.5 Å². The molecule has 21 heavy (non-hydrogen) atoms. The van der Waals surface area contributed by atoms with Gasteiger partial charge < -0.3 is 5.32 Å². The molecular weight excluding hydrogens is 260 g/mol. The van der Waals surface area contributed by atoms with Crippen LogP contribution in [0.2, 0.25) is 0 Å². The Balaban J connectivity index is 1.70. The summed E-state index contributed by atoms with van der Waals surface area (Å²) >= 11 is 0. The van der Waals surface area contributed by atoms with Crippen LogP contribution < -0.4 is 5.32 Å². The maximum Gasteiger partial charge on any atom is 0.181 e. The van der Waals surface area contributed by atoms with Crippen LogP contribution in [0.4, 0.5) is 0 Å².